The standard InChI is InChI=1S/C15H18ClNOS/c1-11-3-5-14(6-4-11)18-9-12(2)17-8-15-7-13(16)10-19-15/h3-7,10,12,17H,8-9H2,1-2H3. The molecule has 0 radical (unpaired) electrons. The van der Waals surface area contributed by atoms with Crippen LogP contribution in [-0.4, -0.2) is 12.6 Å². The van der Waals surface area contributed by atoms with E-state index in [4.69, 9.17) is 16.3 Å². The van der Waals surface area contributed by atoms with E-state index in [9.17, 15) is 0 Å². The molecule has 1 aromatic carbocycles. The molecule has 0 bridgehead atoms. The van der Waals surface area contributed by atoms with Crippen LogP contribution < -0.4 is 10.1 Å². The van der Waals surface area contributed by atoms with Gasteiger partial charge in [0.25, 0.3) is 0 Å². The van der Waals surface area contributed by atoms with Gasteiger partial charge >= 0.3 is 0 Å². The molecule has 0 aliphatic rings. The van der Waals surface area contributed by atoms with Crippen molar-refractivity contribution in [3.05, 3.63) is 51.2 Å². The Morgan fingerprint density at radius 1 is 1.32 bits per heavy atom. The molecule has 0 aliphatic carbocycles. The van der Waals surface area contributed by atoms with E-state index < -0.39 is 0 Å². The molecule has 2 aromatic rings. The number of nitrogens with one attached hydrogen (secondary N) is 1. The van der Waals surface area contributed by atoms with Gasteiger partial charge in [-0.3, -0.25) is 0 Å². The zero-order valence-corrected chi connectivity index (χ0v) is 12.7. The number of ether oxygens (including phenoxy) is 1. The summed E-state index contributed by atoms with van der Waals surface area (Å²) in [6.45, 7) is 5.67. The molecule has 0 amide bonds. The molecule has 0 spiro atoms. The van der Waals surface area contributed by atoms with E-state index in [0.29, 0.717) is 12.6 Å². The summed E-state index contributed by atoms with van der Waals surface area (Å²) in [5, 5.41) is 6.18. The van der Waals surface area contributed by atoms with Crippen molar-refractivity contribution in [1.29, 1.82) is 0 Å². The van der Waals surface area contributed by atoms with E-state index in [0.717, 1.165) is 17.3 Å². The summed E-state index contributed by atoms with van der Waals surface area (Å²) in [6, 6.07) is 10.4. The predicted octanol–water partition coefficient (Wildman–Crippen LogP) is 4.27. The highest BCUT2D eigenvalue weighted by molar-refractivity contribution is 7.10. The molecular weight excluding hydrogens is 278 g/mol. The molecule has 2 nitrogen and oxygen atoms in total. The van der Waals surface area contributed by atoms with Gasteiger partial charge in [0.15, 0.2) is 0 Å². The molecule has 1 N–H and O–H groups in total. The van der Waals surface area contributed by atoms with Crippen LogP contribution in [0.3, 0.4) is 0 Å². The molecular formula is C15H18ClNOS. The Morgan fingerprint density at radius 3 is 2.68 bits per heavy atom. The highest BCUT2D eigenvalue weighted by atomic mass is 35.5. The molecule has 0 aliphatic heterocycles. The maximum Gasteiger partial charge on any atom is 0.119 e. The molecule has 102 valence electrons. The van der Waals surface area contributed by atoms with Crippen LogP contribution in [0.25, 0.3) is 0 Å². The quantitative estimate of drug-likeness (QED) is 0.859. The summed E-state index contributed by atoms with van der Waals surface area (Å²) < 4.78 is 5.73. The third-order valence-corrected chi connectivity index (χ3v) is 4.05. The average molecular weight is 296 g/mol. The monoisotopic (exact) mass is 295 g/mol. The fourth-order valence-electron chi connectivity index (χ4n) is 1.64. The van der Waals surface area contributed by atoms with Crippen molar-refractivity contribution < 1.29 is 4.74 Å². The van der Waals surface area contributed by atoms with Crippen molar-refractivity contribution in [3.8, 4) is 5.75 Å². The lowest BCUT2D eigenvalue weighted by Gasteiger charge is -2.14. The second kappa shape index (κ2) is 6.94. The molecule has 1 unspecified atom stereocenters. The molecule has 2 rings (SSSR count). The smallest absolute Gasteiger partial charge is 0.119 e. The van der Waals surface area contributed by atoms with Crippen molar-refractivity contribution in [1.82, 2.24) is 5.32 Å². The molecule has 0 saturated carbocycles. The van der Waals surface area contributed by atoms with Crippen molar-refractivity contribution in [2.75, 3.05) is 6.61 Å². The second-order valence-electron chi connectivity index (χ2n) is 4.64. The van der Waals surface area contributed by atoms with Crippen LogP contribution in [0.4, 0.5) is 0 Å². The average Bonchev–Trinajstić information content (AvgIpc) is 2.81. The number of rotatable bonds is 6. The fraction of sp³-hybridized carbons (Fsp3) is 0.333. The zero-order valence-electron chi connectivity index (χ0n) is 11.2. The van der Waals surface area contributed by atoms with Crippen LogP contribution in [0.5, 0.6) is 5.75 Å². The van der Waals surface area contributed by atoms with E-state index in [1.54, 1.807) is 11.3 Å². The van der Waals surface area contributed by atoms with Gasteiger partial charge in [-0.1, -0.05) is 29.3 Å². The van der Waals surface area contributed by atoms with Crippen molar-refractivity contribution in [2.24, 2.45) is 0 Å². The highest BCUT2D eigenvalue weighted by Gasteiger charge is 2.04. The lowest BCUT2D eigenvalue weighted by molar-refractivity contribution is 0.273. The molecule has 1 heterocycles. The Labute approximate surface area is 123 Å². The van der Waals surface area contributed by atoms with Gasteiger partial charge in [0.2, 0.25) is 0 Å². The van der Waals surface area contributed by atoms with E-state index in [1.165, 1.54) is 10.4 Å². The fourth-order valence-corrected chi connectivity index (χ4v) is 2.66. The maximum atomic E-state index is 5.89. The third kappa shape index (κ3) is 4.86. The molecule has 4 heteroatoms. The Kier molecular flexibility index (Phi) is 5.25. The molecule has 1 aromatic heterocycles. The van der Waals surface area contributed by atoms with E-state index in [-0.39, 0.29) is 0 Å². The van der Waals surface area contributed by atoms with Gasteiger partial charge in [-0.25, -0.2) is 0 Å². The molecule has 0 saturated heterocycles. The minimum absolute atomic E-state index is 0.294. The maximum absolute atomic E-state index is 5.89. The molecule has 19 heavy (non-hydrogen) atoms. The normalized spacial score (nSPS) is 12.4. The van der Waals surface area contributed by atoms with Crippen molar-refractivity contribution in [3.63, 3.8) is 0 Å². The zero-order chi connectivity index (χ0) is 13.7. The van der Waals surface area contributed by atoms with Crippen LogP contribution in [-0.2, 0) is 6.54 Å². The summed E-state index contributed by atoms with van der Waals surface area (Å²) in [4.78, 5) is 1.24. The SMILES string of the molecule is Cc1ccc(OCC(C)NCc2cc(Cl)cs2)cc1. The Hall–Kier alpha value is -1.03. The van der Waals surface area contributed by atoms with Crippen LogP contribution in [0.1, 0.15) is 17.4 Å². The highest BCUT2D eigenvalue weighted by Crippen LogP contribution is 2.18. The number of hydrogen-bond acceptors (Lipinski definition) is 3. The van der Waals surface area contributed by atoms with Crippen molar-refractivity contribution in [2.45, 2.75) is 26.4 Å². The van der Waals surface area contributed by atoms with E-state index in [1.807, 2.05) is 23.6 Å². The topological polar surface area (TPSA) is 21.3 Å². The lowest BCUT2D eigenvalue weighted by atomic mass is 10.2. The number of benzene rings is 1. The summed E-state index contributed by atoms with van der Waals surface area (Å²) >= 11 is 7.56. The van der Waals surface area contributed by atoms with Gasteiger partial charge < -0.3 is 10.1 Å². The lowest BCUT2D eigenvalue weighted by Crippen LogP contribution is -2.31. The largest absolute Gasteiger partial charge is 0.492 e. The summed E-state index contributed by atoms with van der Waals surface area (Å²) in [5.74, 6) is 0.915. The first kappa shape index (κ1) is 14.4. The third-order valence-electron chi connectivity index (χ3n) is 2.77. The number of halogens is 1. The first-order valence-electron chi connectivity index (χ1n) is 6.29. The van der Waals surface area contributed by atoms with Gasteiger partial charge in [0.1, 0.15) is 12.4 Å². The minimum Gasteiger partial charge on any atom is -0.492 e. The van der Waals surface area contributed by atoms with Gasteiger partial charge in [-0.2, -0.15) is 0 Å². The molecule has 1 atom stereocenters. The van der Waals surface area contributed by atoms with Crippen LogP contribution >= 0.6 is 22.9 Å². The van der Waals surface area contributed by atoms with Crippen LogP contribution in [0.2, 0.25) is 5.02 Å². The van der Waals surface area contributed by atoms with E-state index in [2.05, 4.69) is 31.3 Å². The van der Waals surface area contributed by atoms with Crippen LogP contribution in [0.15, 0.2) is 35.7 Å². The number of aryl methyl sites for hydroxylation is 1. The summed E-state index contributed by atoms with van der Waals surface area (Å²) in [5.41, 5.74) is 1.24. The van der Waals surface area contributed by atoms with Gasteiger partial charge in [-0.15, -0.1) is 11.3 Å². The second-order valence-corrected chi connectivity index (χ2v) is 6.07. The van der Waals surface area contributed by atoms with Gasteiger partial charge in [0, 0.05) is 22.8 Å². The Morgan fingerprint density at radius 2 is 2.05 bits per heavy atom. The minimum atomic E-state index is 0.294. The van der Waals surface area contributed by atoms with Crippen LogP contribution in [0, 0.1) is 6.92 Å². The summed E-state index contributed by atoms with van der Waals surface area (Å²) in [7, 11) is 0. The number of thiophene rings is 1. The van der Waals surface area contributed by atoms with Crippen molar-refractivity contribution >= 4 is 22.9 Å². The Balaban J connectivity index is 1.72. The Bertz CT molecular complexity index is 509. The van der Waals surface area contributed by atoms with Gasteiger partial charge in [0.05, 0.1) is 5.02 Å². The predicted molar refractivity (Wildman–Crippen MR) is 82.3 cm³/mol. The number of hydrogen-bond donors (Lipinski definition) is 1. The first-order chi connectivity index (χ1) is 9.13. The van der Waals surface area contributed by atoms with Gasteiger partial charge in [-0.05, 0) is 32.0 Å². The van der Waals surface area contributed by atoms with E-state index >= 15 is 0 Å². The first-order valence-corrected chi connectivity index (χ1v) is 7.55. The summed E-state index contributed by atoms with van der Waals surface area (Å²) in [6.07, 6.45) is 0. The molecule has 0 fully saturated rings.